The van der Waals surface area contributed by atoms with Crippen molar-refractivity contribution >= 4 is 43.9 Å². The molecule has 1 aromatic heterocycles. The summed E-state index contributed by atoms with van der Waals surface area (Å²) in [4.78, 5) is 28.7. The van der Waals surface area contributed by atoms with Crippen LogP contribution in [0.3, 0.4) is 0 Å². The number of benzene rings is 2. The van der Waals surface area contributed by atoms with E-state index in [9.17, 15) is 18.0 Å². The van der Waals surface area contributed by atoms with Crippen LogP contribution < -0.4 is 15.8 Å². The molecule has 0 spiro atoms. The van der Waals surface area contributed by atoms with E-state index in [1.807, 2.05) is 0 Å². The Morgan fingerprint density at radius 1 is 1.09 bits per heavy atom. The molecule has 0 bridgehead atoms. The molecule has 33 heavy (non-hydrogen) atoms. The summed E-state index contributed by atoms with van der Waals surface area (Å²) in [6, 6.07) is 14.2. The van der Waals surface area contributed by atoms with Crippen molar-refractivity contribution in [3.8, 4) is 0 Å². The van der Waals surface area contributed by atoms with Gasteiger partial charge in [-0.15, -0.1) is 11.3 Å². The Kier molecular flexibility index (Phi) is 6.50. The number of thiophene rings is 1. The molecule has 1 aliphatic rings. The second kappa shape index (κ2) is 9.34. The third-order valence-electron chi connectivity index (χ3n) is 5.53. The Morgan fingerprint density at radius 2 is 1.79 bits per heavy atom. The molecule has 0 radical (unpaired) electrons. The molecule has 4 rings (SSSR count). The Morgan fingerprint density at radius 3 is 2.48 bits per heavy atom. The molecule has 4 N–H and O–H groups in total. The molecule has 0 aliphatic carbocycles. The smallest absolute Gasteiger partial charge is 0.261 e. The highest BCUT2D eigenvalue weighted by Crippen LogP contribution is 2.37. The van der Waals surface area contributed by atoms with Crippen molar-refractivity contribution < 1.29 is 18.0 Å². The van der Waals surface area contributed by atoms with Crippen molar-refractivity contribution in [1.82, 2.24) is 4.90 Å². The number of rotatable bonds is 7. The molecular weight excluding hydrogens is 460 g/mol. The highest BCUT2D eigenvalue weighted by atomic mass is 32.2. The van der Waals surface area contributed by atoms with Gasteiger partial charge in [-0.05, 0) is 42.8 Å². The number of likely N-dealkylation sites (N-methyl/N-ethyl adjacent to an activating group) is 1. The zero-order chi connectivity index (χ0) is 23.6. The highest BCUT2D eigenvalue weighted by Gasteiger charge is 2.28. The fourth-order valence-corrected chi connectivity index (χ4v) is 6.21. The number of nitrogens with two attached hydrogens (primary N) is 1. The molecule has 172 valence electrons. The maximum atomic E-state index is 13.2. The average Bonchev–Trinajstić information content (AvgIpc) is 3.16. The standard InChI is InChI=1S/C23H24N4O4S2/c1-2-27-13-12-17-19(14-27)32-23(20(17)21(24)28)25-22(29)16-10-6-7-11-18(16)26-33(30,31)15-8-4-3-5-9-15/h3-11,26H,2,12-14H2,1H3,(H2,24,28)(H,25,29). The minimum absolute atomic E-state index is 0.0858. The van der Waals surface area contributed by atoms with Gasteiger partial charge in [0.2, 0.25) is 0 Å². The SMILES string of the molecule is CCN1CCc2c(sc(NC(=O)c3ccccc3NS(=O)(=O)c3ccccc3)c2C(N)=O)C1. The first-order valence-electron chi connectivity index (χ1n) is 10.4. The first kappa shape index (κ1) is 23.0. The van der Waals surface area contributed by atoms with Gasteiger partial charge in [-0.2, -0.15) is 0 Å². The third-order valence-corrected chi connectivity index (χ3v) is 8.04. The Labute approximate surface area is 196 Å². The van der Waals surface area contributed by atoms with Crippen molar-refractivity contribution in [2.75, 3.05) is 23.1 Å². The molecule has 0 atom stereocenters. The third kappa shape index (κ3) is 4.77. The second-order valence-corrected chi connectivity index (χ2v) is 10.4. The van der Waals surface area contributed by atoms with Gasteiger partial charge >= 0.3 is 0 Å². The number of primary amides is 1. The molecule has 2 aromatic carbocycles. The average molecular weight is 485 g/mol. The summed E-state index contributed by atoms with van der Waals surface area (Å²) >= 11 is 1.34. The van der Waals surface area contributed by atoms with Gasteiger partial charge in [0.15, 0.2) is 0 Å². The van der Waals surface area contributed by atoms with Gasteiger partial charge in [-0.1, -0.05) is 37.3 Å². The number of nitrogens with one attached hydrogen (secondary N) is 2. The van der Waals surface area contributed by atoms with Crippen molar-refractivity contribution in [3.63, 3.8) is 0 Å². The van der Waals surface area contributed by atoms with E-state index in [0.717, 1.165) is 23.5 Å². The lowest BCUT2D eigenvalue weighted by Crippen LogP contribution is -2.30. The van der Waals surface area contributed by atoms with Crippen LogP contribution in [0.1, 0.15) is 38.1 Å². The van der Waals surface area contributed by atoms with Crippen LogP contribution >= 0.6 is 11.3 Å². The molecule has 10 heteroatoms. The maximum absolute atomic E-state index is 13.2. The van der Waals surface area contributed by atoms with Crippen molar-refractivity contribution in [2.24, 2.45) is 5.73 Å². The van der Waals surface area contributed by atoms with Crippen LogP contribution in [0.2, 0.25) is 0 Å². The predicted molar refractivity (Wildman–Crippen MR) is 129 cm³/mol. The maximum Gasteiger partial charge on any atom is 0.261 e. The van der Waals surface area contributed by atoms with Gasteiger partial charge in [-0.3, -0.25) is 19.2 Å². The predicted octanol–water partition coefficient (Wildman–Crippen LogP) is 3.28. The summed E-state index contributed by atoms with van der Waals surface area (Å²) in [5, 5.41) is 3.17. The van der Waals surface area contributed by atoms with Crippen molar-refractivity contribution in [1.29, 1.82) is 0 Å². The minimum Gasteiger partial charge on any atom is -0.365 e. The molecule has 2 heterocycles. The summed E-state index contributed by atoms with van der Waals surface area (Å²) in [5.74, 6) is -1.12. The normalized spacial score (nSPS) is 13.8. The molecule has 8 nitrogen and oxygen atoms in total. The van der Waals surface area contributed by atoms with E-state index >= 15 is 0 Å². The fourth-order valence-electron chi connectivity index (χ4n) is 3.82. The van der Waals surface area contributed by atoms with E-state index in [-0.39, 0.29) is 16.1 Å². The Balaban J connectivity index is 1.63. The van der Waals surface area contributed by atoms with Gasteiger partial charge in [0.05, 0.1) is 21.7 Å². The zero-order valence-corrected chi connectivity index (χ0v) is 19.6. The summed E-state index contributed by atoms with van der Waals surface area (Å²) in [6.45, 7) is 4.47. The lowest BCUT2D eigenvalue weighted by molar-refractivity contribution is 0.1000. The lowest BCUT2D eigenvalue weighted by atomic mass is 10.0. The van der Waals surface area contributed by atoms with Crippen LogP contribution in [-0.4, -0.2) is 38.2 Å². The van der Waals surface area contributed by atoms with Gasteiger partial charge in [0, 0.05) is 18.0 Å². The zero-order valence-electron chi connectivity index (χ0n) is 18.0. The van der Waals surface area contributed by atoms with E-state index in [4.69, 9.17) is 5.73 Å². The summed E-state index contributed by atoms with van der Waals surface area (Å²) < 4.78 is 28.0. The van der Waals surface area contributed by atoms with Gasteiger partial charge < -0.3 is 11.1 Å². The molecule has 0 saturated heterocycles. The fraction of sp³-hybridized carbons (Fsp3) is 0.217. The summed E-state index contributed by atoms with van der Waals surface area (Å²) in [5.41, 5.74) is 7.14. The number of carbonyl (C=O) groups is 2. The number of sulfonamides is 1. The molecule has 3 aromatic rings. The van der Waals surface area contributed by atoms with Gasteiger partial charge in [0.25, 0.3) is 21.8 Å². The van der Waals surface area contributed by atoms with E-state index in [0.29, 0.717) is 23.5 Å². The second-order valence-electron chi connectivity index (χ2n) is 7.61. The number of hydrogen-bond acceptors (Lipinski definition) is 6. The van der Waals surface area contributed by atoms with Crippen LogP contribution in [0.15, 0.2) is 59.5 Å². The number of carbonyl (C=O) groups excluding carboxylic acids is 2. The molecule has 2 amide bonds. The van der Waals surface area contributed by atoms with Crippen LogP contribution in [0.25, 0.3) is 0 Å². The molecule has 0 unspecified atom stereocenters. The largest absolute Gasteiger partial charge is 0.365 e. The molecule has 1 aliphatic heterocycles. The van der Waals surface area contributed by atoms with E-state index in [1.165, 1.54) is 35.6 Å². The van der Waals surface area contributed by atoms with E-state index in [2.05, 4.69) is 21.9 Å². The number of amides is 2. The number of fused-ring (bicyclic) bond motifs is 1. The number of nitrogens with zero attached hydrogens (tertiary/aromatic N) is 1. The number of hydrogen-bond donors (Lipinski definition) is 3. The van der Waals surface area contributed by atoms with E-state index < -0.39 is 21.8 Å². The lowest BCUT2D eigenvalue weighted by Gasteiger charge is -2.25. The van der Waals surface area contributed by atoms with Crippen LogP contribution in [0, 0.1) is 0 Å². The molecular formula is C23H24N4O4S2. The van der Waals surface area contributed by atoms with Crippen LogP contribution in [0.5, 0.6) is 0 Å². The quantitative estimate of drug-likeness (QED) is 0.475. The van der Waals surface area contributed by atoms with E-state index in [1.54, 1.807) is 30.3 Å². The first-order valence-corrected chi connectivity index (χ1v) is 12.7. The molecule has 0 fully saturated rings. The Hall–Kier alpha value is -3.21. The number of para-hydroxylation sites is 1. The number of anilines is 2. The highest BCUT2D eigenvalue weighted by molar-refractivity contribution is 7.92. The van der Waals surface area contributed by atoms with Crippen molar-refractivity contribution in [2.45, 2.75) is 24.8 Å². The summed E-state index contributed by atoms with van der Waals surface area (Å²) in [6.07, 6.45) is 0.682. The topological polar surface area (TPSA) is 122 Å². The van der Waals surface area contributed by atoms with Gasteiger partial charge in [-0.25, -0.2) is 8.42 Å². The van der Waals surface area contributed by atoms with Crippen LogP contribution in [-0.2, 0) is 23.0 Å². The first-order chi connectivity index (χ1) is 15.8. The van der Waals surface area contributed by atoms with Gasteiger partial charge in [0.1, 0.15) is 5.00 Å². The van der Waals surface area contributed by atoms with Crippen LogP contribution in [0.4, 0.5) is 10.7 Å². The Bertz CT molecular complexity index is 1300. The monoisotopic (exact) mass is 484 g/mol. The van der Waals surface area contributed by atoms with Crippen molar-refractivity contribution in [3.05, 3.63) is 76.2 Å². The molecule has 0 saturated carbocycles. The minimum atomic E-state index is -3.88. The summed E-state index contributed by atoms with van der Waals surface area (Å²) in [7, 11) is -3.88.